The Kier molecular flexibility index (Phi) is 4.42. The molecule has 1 saturated heterocycles. The van der Waals surface area contributed by atoms with Gasteiger partial charge in [-0.05, 0) is 6.07 Å². The lowest BCUT2D eigenvalue weighted by atomic mass is 10.3. The number of rotatable bonds is 4. The zero-order valence-corrected chi connectivity index (χ0v) is 10.3. The van der Waals surface area contributed by atoms with Crippen molar-refractivity contribution < 1.29 is 9.47 Å². The van der Waals surface area contributed by atoms with Crippen molar-refractivity contribution in [3.63, 3.8) is 0 Å². The molecule has 1 fully saturated rings. The van der Waals surface area contributed by atoms with Crippen LogP contribution in [0.5, 0.6) is 0 Å². The van der Waals surface area contributed by atoms with E-state index in [1.807, 2.05) is 6.07 Å². The highest BCUT2D eigenvalue weighted by atomic mass is 16.6. The minimum absolute atomic E-state index is 0.122. The number of hydrogen-bond acceptors (Lipinski definition) is 5. The molecule has 5 nitrogen and oxygen atoms in total. The predicted octanol–water partition coefficient (Wildman–Crippen LogP) is 1.06. The summed E-state index contributed by atoms with van der Waals surface area (Å²) in [5, 5.41) is 3.33. The van der Waals surface area contributed by atoms with E-state index >= 15 is 0 Å². The van der Waals surface area contributed by atoms with E-state index in [1.54, 1.807) is 6.20 Å². The lowest BCUT2D eigenvalue weighted by molar-refractivity contribution is -0.0936. The predicted molar refractivity (Wildman–Crippen MR) is 63.5 cm³/mol. The fourth-order valence-corrected chi connectivity index (χ4v) is 1.61. The first-order valence-corrected chi connectivity index (χ1v) is 6.00. The molecule has 0 aromatic carbocycles. The second-order valence-electron chi connectivity index (χ2n) is 4.38. The highest BCUT2D eigenvalue weighted by Crippen LogP contribution is 2.16. The SMILES string of the molecule is CC(C)NCc1ccnc(C2COCCO2)n1. The van der Waals surface area contributed by atoms with Crippen molar-refractivity contribution >= 4 is 0 Å². The van der Waals surface area contributed by atoms with E-state index in [1.165, 1.54) is 0 Å². The second kappa shape index (κ2) is 6.05. The number of nitrogens with one attached hydrogen (secondary N) is 1. The van der Waals surface area contributed by atoms with Gasteiger partial charge in [0.05, 0.1) is 25.5 Å². The highest BCUT2D eigenvalue weighted by molar-refractivity contribution is 5.04. The molecule has 1 atom stereocenters. The largest absolute Gasteiger partial charge is 0.376 e. The Hall–Kier alpha value is -1.04. The monoisotopic (exact) mass is 237 g/mol. The van der Waals surface area contributed by atoms with Crippen LogP contribution in [0.2, 0.25) is 0 Å². The van der Waals surface area contributed by atoms with E-state index in [-0.39, 0.29) is 6.10 Å². The van der Waals surface area contributed by atoms with Gasteiger partial charge in [-0.3, -0.25) is 0 Å². The average molecular weight is 237 g/mol. The van der Waals surface area contributed by atoms with Crippen LogP contribution in [-0.4, -0.2) is 35.8 Å². The standard InChI is InChI=1S/C12H19N3O2/c1-9(2)14-7-10-3-4-13-12(15-10)11-8-16-5-6-17-11/h3-4,9,11,14H,5-8H2,1-2H3. The zero-order valence-electron chi connectivity index (χ0n) is 10.3. The van der Waals surface area contributed by atoms with Gasteiger partial charge < -0.3 is 14.8 Å². The molecule has 2 heterocycles. The molecule has 0 amide bonds. The van der Waals surface area contributed by atoms with E-state index in [9.17, 15) is 0 Å². The van der Waals surface area contributed by atoms with Crippen LogP contribution >= 0.6 is 0 Å². The first-order valence-electron chi connectivity index (χ1n) is 6.00. The molecular weight excluding hydrogens is 218 g/mol. The Bertz CT molecular complexity index is 351. The Morgan fingerprint density at radius 1 is 1.47 bits per heavy atom. The maximum atomic E-state index is 5.57. The van der Waals surface area contributed by atoms with Crippen LogP contribution in [-0.2, 0) is 16.0 Å². The quantitative estimate of drug-likeness (QED) is 0.848. The summed E-state index contributed by atoms with van der Waals surface area (Å²) in [7, 11) is 0. The first kappa shape index (κ1) is 12.4. The van der Waals surface area contributed by atoms with Gasteiger partial charge in [-0.1, -0.05) is 13.8 Å². The molecule has 94 valence electrons. The Labute approximate surface area is 102 Å². The molecule has 0 bridgehead atoms. The molecule has 0 spiro atoms. The van der Waals surface area contributed by atoms with Gasteiger partial charge in [0.15, 0.2) is 5.82 Å². The number of ether oxygens (including phenoxy) is 2. The normalized spacial score (nSPS) is 20.8. The molecular formula is C12H19N3O2. The van der Waals surface area contributed by atoms with Crippen molar-refractivity contribution in [1.82, 2.24) is 15.3 Å². The van der Waals surface area contributed by atoms with Crippen LogP contribution in [0.3, 0.4) is 0 Å². The van der Waals surface area contributed by atoms with Crippen molar-refractivity contribution in [1.29, 1.82) is 0 Å². The zero-order chi connectivity index (χ0) is 12.1. The van der Waals surface area contributed by atoms with Crippen LogP contribution in [0, 0.1) is 0 Å². The highest BCUT2D eigenvalue weighted by Gasteiger charge is 2.19. The fourth-order valence-electron chi connectivity index (χ4n) is 1.61. The summed E-state index contributed by atoms with van der Waals surface area (Å²) >= 11 is 0. The van der Waals surface area contributed by atoms with E-state index in [2.05, 4.69) is 29.1 Å². The average Bonchev–Trinajstić information content (AvgIpc) is 2.38. The molecule has 2 rings (SSSR count). The van der Waals surface area contributed by atoms with Crippen LogP contribution in [0.1, 0.15) is 31.5 Å². The minimum Gasteiger partial charge on any atom is -0.376 e. The smallest absolute Gasteiger partial charge is 0.159 e. The fraction of sp³-hybridized carbons (Fsp3) is 0.667. The summed E-state index contributed by atoms with van der Waals surface area (Å²) in [6, 6.07) is 2.37. The van der Waals surface area contributed by atoms with Crippen LogP contribution < -0.4 is 5.32 Å². The van der Waals surface area contributed by atoms with Gasteiger partial charge in [0.25, 0.3) is 0 Å². The molecule has 1 aliphatic heterocycles. The summed E-state index contributed by atoms with van der Waals surface area (Å²) in [5.41, 5.74) is 0.984. The molecule has 0 aliphatic carbocycles. The molecule has 1 N–H and O–H groups in total. The van der Waals surface area contributed by atoms with Gasteiger partial charge in [-0.2, -0.15) is 0 Å². The summed E-state index contributed by atoms with van der Waals surface area (Å²) in [6.07, 6.45) is 1.65. The van der Waals surface area contributed by atoms with Gasteiger partial charge in [0, 0.05) is 18.8 Å². The number of hydrogen-bond donors (Lipinski definition) is 1. The van der Waals surface area contributed by atoms with Gasteiger partial charge >= 0.3 is 0 Å². The van der Waals surface area contributed by atoms with Crippen molar-refractivity contribution in [3.8, 4) is 0 Å². The van der Waals surface area contributed by atoms with Crippen molar-refractivity contribution in [3.05, 3.63) is 23.8 Å². The van der Waals surface area contributed by atoms with Crippen LogP contribution in [0.25, 0.3) is 0 Å². The minimum atomic E-state index is -0.122. The van der Waals surface area contributed by atoms with Gasteiger partial charge in [-0.15, -0.1) is 0 Å². The van der Waals surface area contributed by atoms with Crippen molar-refractivity contribution in [2.45, 2.75) is 32.5 Å². The molecule has 5 heteroatoms. The summed E-state index contributed by atoms with van der Waals surface area (Å²) < 4.78 is 10.9. The third-order valence-electron chi connectivity index (χ3n) is 2.53. The van der Waals surface area contributed by atoms with E-state index in [0.29, 0.717) is 31.7 Å². The van der Waals surface area contributed by atoms with Crippen molar-refractivity contribution in [2.75, 3.05) is 19.8 Å². The van der Waals surface area contributed by atoms with Crippen LogP contribution in [0.15, 0.2) is 12.3 Å². The van der Waals surface area contributed by atoms with Crippen LogP contribution in [0.4, 0.5) is 0 Å². The Morgan fingerprint density at radius 2 is 2.35 bits per heavy atom. The van der Waals surface area contributed by atoms with E-state index < -0.39 is 0 Å². The Morgan fingerprint density at radius 3 is 3.06 bits per heavy atom. The lowest BCUT2D eigenvalue weighted by Gasteiger charge is -2.21. The van der Waals surface area contributed by atoms with Crippen molar-refractivity contribution in [2.24, 2.45) is 0 Å². The summed E-state index contributed by atoms with van der Waals surface area (Å²) in [5.74, 6) is 0.716. The third kappa shape index (κ3) is 3.73. The topological polar surface area (TPSA) is 56.3 Å². The second-order valence-corrected chi connectivity index (χ2v) is 4.38. The van der Waals surface area contributed by atoms with E-state index in [4.69, 9.17) is 9.47 Å². The molecule has 17 heavy (non-hydrogen) atoms. The molecule has 1 aromatic rings. The Balaban J connectivity index is 2.00. The summed E-state index contributed by atoms with van der Waals surface area (Å²) in [4.78, 5) is 8.74. The molecule has 1 unspecified atom stereocenters. The third-order valence-corrected chi connectivity index (χ3v) is 2.53. The van der Waals surface area contributed by atoms with Gasteiger partial charge in [0.2, 0.25) is 0 Å². The molecule has 0 radical (unpaired) electrons. The van der Waals surface area contributed by atoms with Gasteiger partial charge in [0.1, 0.15) is 6.10 Å². The molecule has 1 aliphatic rings. The maximum Gasteiger partial charge on any atom is 0.159 e. The molecule has 1 aromatic heterocycles. The summed E-state index contributed by atoms with van der Waals surface area (Å²) in [6.45, 7) is 6.79. The number of aromatic nitrogens is 2. The number of nitrogens with zero attached hydrogens (tertiary/aromatic N) is 2. The first-order chi connectivity index (χ1) is 8.25. The van der Waals surface area contributed by atoms with Gasteiger partial charge in [-0.25, -0.2) is 9.97 Å². The lowest BCUT2D eigenvalue weighted by Crippen LogP contribution is -2.25. The van der Waals surface area contributed by atoms with E-state index in [0.717, 1.165) is 12.2 Å². The molecule has 0 saturated carbocycles. The maximum absolute atomic E-state index is 5.57.